The number of hydrogen-bond acceptors (Lipinski definition) is 5. The van der Waals surface area contributed by atoms with Gasteiger partial charge in [-0.3, -0.25) is 0 Å². The number of carbonyl (C=O) groups is 1. The lowest BCUT2D eigenvalue weighted by molar-refractivity contribution is 0.0529. The molecule has 0 aliphatic carbocycles. The van der Waals surface area contributed by atoms with Crippen molar-refractivity contribution in [2.24, 2.45) is 0 Å². The minimum Gasteiger partial charge on any atom is -0.444 e. The number of carbonyl (C=O) groups excluding carboxylic acids is 1. The molecule has 0 saturated heterocycles. The van der Waals surface area contributed by atoms with Gasteiger partial charge in [-0.1, -0.05) is 12.1 Å². The van der Waals surface area contributed by atoms with E-state index in [4.69, 9.17) is 10.5 Å². The lowest BCUT2D eigenvalue weighted by Crippen LogP contribution is -2.38. The van der Waals surface area contributed by atoms with Crippen molar-refractivity contribution in [3.8, 4) is 0 Å². The Labute approximate surface area is 131 Å². The highest BCUT2D eigenvalue weighted by molar-refractivity contribution is 7.89. The summed E-state index contributed by atoms with van der Waals surface area (Å²) in [6, 6.07) is 4.89. The summed E-state index contributed by atoms with van der Waals surface area (Å²) >= 11 is 0. The van der Waals surface area contributed by atoms with E-state index in [1.807, 2.05) is 0 Å². The Kier molecular flexibility index (Phi) is 5.78. The SMILES string of the molecule is Cc1cccc(N)c1S(=O)(=O)NCCNC(=O)OC(C)(C)C. The zero-order valence-corrected chi connectivity index (χ0v) is 14.1. The fourth-order valence-corrected chi connectivity index (χ4v) is 3.16. The van der Waals surface area contributed by atoms with E-state index >= 15 is 0 Å². The smallest absolute Gasteiger partial charge is 0.407 e. The van der Waals surface area contributed by atoms with Gasteiger partial charge in [0.2, 0.25) is 10.0 Å². The molecule has 0 saturated carbocycles. The fourth-order valence-electron chi connectivity index (χ4n) is 1.78. The second-order valence-electron chi connectivity index (χ2n) is 5.82. The first-order valence-corrected chi connectivity index (χ1v) is 8.33. The highest BCUT2D eigenvalue weighted by Gasteiger charge is 2.20. The van der Waals surface area contributed by atoms with E-state index in [-0.39, 0.29) is 23.7 Å². The molecular formula is C14H23N3O4S. The minimum atomic E-state index is -3.72. The maximum absolute atomic E-state index is 12.2. The summed E-state index contributed by atoms with van der Waals surface area (Å²) in [6.07, 6.45) is -0.595. The molecule has 0 fully saturated rings. The van der Waals surface area contributed by atoms with E-state index in [9.17, 15) is 13.2 Å². The first-order chi connectivity index (χ1) is 10.0. The Balaban J connectivity index is 2.56. The molecule has 0 aromatic heterocycles. The van der Waals surface area contributed by atoms with Crippen molar-refractivity contribution in [1.82, 2.24) is 10.0 Å². The van der Waals surface area contributed by atoms with Crippen molar-refractivity contribution >= 4 is 21.8 Å². The first-order valence-electron chi connectivity index (χ1n) is 6.84. The van der Waals surface area contributed by atoms with Crippen LogP contribution in [0, 0.1) is 6.92 Å². The van der Waals surface area contributed by atoms with Crippen LogP contribution in [0.1, 0.15) is 26.3 Å². The number of nitrogens with one attached hydrogen (secondary N) is 2. The van der Waals surface area contributed by atoms with E-state index < -0.39 is 21.7 Å². The van der Waals surface area contributed by atoms with Crippen LogP contribution >= 0.6 is 0 Å². The molecule has 0 bridgehead atoms. The second-order valence-corrected chi connectivity index (χ2v) is 7.52. The van der Waals surface area contributed by atoms with Gasteiger partial charge >= 0.3 is 6.09 Å². The van der Waals surface area contributed by atoms with E-state index in [2.05, 4.69) is 10.0 Å². The molecular weight excluding hydrogens is 306 g/mol. The number of nitrogen functional groups attached to an aromatic ring is 1. The topological polar surface area (TPSA) is 111 Å². The normalized spacial score (nSPS) is 12.0. The summed E-state index contributed by atoms with van der Waals surface area (Å²) in [5, 5.41) is 2.47. The highest BCUT2D eigenvalue weighted by atomic mass is 32.2. The predicted molar refractivity (Wildman–Crippen MR) is 85.0 cm³/mol. The molecule has 4 N–H and O–H groups in total. The lowest BCUT2D eigenvalue weighted by Gasteiger charge is -2.19. The molecule has 0 spiro atoms. The molecule has 0 radical (unpaired) electrons. The zero-order chi connectivity index (χ0) is 17.0. The lowest BCUT2D eigenvalue weighted by atomic mass is 10.2. The quantitative estimate of drug-likeness (QED) is 0.558. The van der Waals surface area contributed by atoms with Crippen LogP contribution in [0.5, 0.6) is 0 Å². The maximum Gasteiger partial charge on any atom is 0.407 e. The Morgan fingerprint density at radius 1 is 1.27 bits per heavy atom. The van der Waals surface area contributed by atoms with Gasteiger partial charge in [-0.15, -0.1) is 0 Å². The van der Waals surface area contributed by atoms with Crippen LogP contribution in [-0.2, 0) is 14.8 Å². The van der Waals surface area contributed by atoms with Gasteiger partial charge in [0.1, 0.15) is 10.5 Å². The molecule has 0 heterocycles. The summed E-state index contributed by atoms with van der Waals surface area (Å²) in [5.74, 6) is 0. The molecule has 124 valence electrons. The zero-order valence-electron chi connectivity index (χ0n) is 13.3. The number of rotatable bonds is 5. The van der Waals surface area contributed by atoms with Crippen LogP contribution in [0.3, 0.4) is 0 Å². The highest BCUT2D eigenvalue weighted by Crippen LogP contribution is 2.21. The molecule has 0 unspecified atom stereocenters. The van der Waals surface area contributed by atoms with E-state index in [0.29, 0.717) is 5.56 Å². The van der Waals surface area contributed by atoms with Gasteiger partial charge in [-0.2, -0.15) is 0 Å². The van der Waals surface area contributed by atoms with Crippen molar-refractivity contribution in [3.05, 3.63) is 23.8 Å². The van der Waals surface area contributed by atoms with Crippen LogP contribution in [0.4, 0.5) is 10.5 Å². The number of hydrogen-bond donors (Lipinski definition) is 3. The average Bonchev–Trinajstić information content (AvgIpc) is 2.32. The molecule has 22 heavy (non-hydrogen) atoms. The summed E-state index contributed by atoms with van der Waals surface area (Å²) in [4.78, 5) is 11.5. The average molecular weight is 329 g/mol. The molecule has 8 heteroatoms. The summed E-state index contributed by atoms with van der Waals surface area (Å²) in [7, 11) is -3.72. The van der Waals surface area contributed by atoms with Crippen LogP contribution in [0.25, 0.3) is 0 Å². The number of anilines is 1. The van der Waals surface area contributed by atoms with Gasteiger partial charge in [0.15, 0.2) is 0 Å². The van der Waals surface area contributed by atoms with Gasteiger partial charge in [0.05, 0.1) is 5.69 Å². The first kappa shape index (κ1) is 18.2. The second kappa shape index (κ2) is 6.97. The summed E-state index contributed by atoms with van der Waals surface area (Å²) < 4.78 is 31.9. The van der Waals surface area contributed by atoms with Gasteiger partial charge in [-0.25, -0.2) is 17.9 Å². The number of benzene rings is 1. The van der Waals surface area contributed by atoms with Crippen molar-refractivity contribution < 1.29 is 17.9 Å². The standard InChI is InChI=1S/C14H23N3O4S/c1-10-6-5-7-11(15)12(10)22(19,20)17-9-8-16-13(18)21-14(2,3)4/h5-7,17H,8-9,15H2,1-4H3,(H,16,18). The number of sulfonamides is 1. The van der Waals surface area contributed by atoms with Gasteiger partial charge in [-0.05, 0) is 39.3 Å². The van der Waals surface area contributed by atoms with Crippen molar-refractivity contribution in [3.63, 3.8) is 0 Å². The van der Waals surface area contributed by atoms with Gasteiger partial charge in [0, 0.05) is 13.1 Å². The number of alkyl carbamates (subject to hydrolysis) is 1. The van der Waals surface area contributed by atoms with Gasteiger partial charge in [0.25, 0.3) is 0 Å². The molecule has 1 aromatic carbocycles. The fraction of sp³-hybridized carbons (Fsp3) is 0.500. The monoisotopic (exact) mass is 329 g/mol. The third-order valence-electron chi connectivity index (χ3n) is 2.60. The molecule has 7 nitrogen and oxygen atoms in total. The summed E-state index contributed by atoms with van der Waals surface area (Å²) in [5.41, 5.74) is 5.87. The minimum absolute atomic E-state index is 0.0371. The number of aryl methyl sites for hydroxylation is 1. The summed E-state index contributed by atoms with van der Waals surface area (Å²) in [6.45, 7) is 7.06. The Morgan fingerprint density at radius 2 is 1.91 bits per heavy atom. The Hall–Kier alpha value is -1.80. The molecule has 0 atom stereocenters. The van der Waals surface area contributed by atoms with Crippen molar-refractivity contribution in [2.45, 2.75) is 38.2 Å². The number of amides is 1. The third-order valence-corrected chi connectivity index (χ3v) is 4.28. The van der Waals surface area contributed by atoms with Crippen LogP contribution in [0.15, 0.2) is 23.1 Å². The van der Waals surface area contributed by atoms with E-state index in [1.165, 1.54) is 6.07 Å². The van der Waals surface area contributed by atoms with E-state index in [0.717, 1.165) is 0 Å². The molecule has 1 rings (SSSR count). The molecule has 1 aromatic rings. The Bertz CT molecular complexity index is 616. The van der Waals surface area contributed by atoms with Crippen molar-refractivity contribution in [1.29, 1.82) is 0 Å². The third kappa shape index (κ3) is 5.53. The van der Waals surface area contributed by atoms with Crippen molar-refractivity contribution in [2.75, 3.05) is 18.8 Å². The molecule has 0 aliphatic rings. The van der Waals surface area contributed by atoms with Gasteiger partial charge < -0.3 is 15.8 Å². The van der Waals surface area contributed by atoms with Crippen LogP contribution in [0.2, 0.25) is 0 Å². The molecule has 1 amide bonds. The number of ether oxygens (including phenoxy) is 1. The molecule has 0 aliphatic heterocycles. The predicted octanol–water partition coefficient (Wildman–Crippen LogP) is 1.38. The number of nitrogens with two attached hydrogens (primary N) is 1. The largest absolute Gasteiger partial charge is 0.444 e. The van der Waals surface area contributed by atoms with E-state index in [1.54, 1.807) is 39.8 Å². The maximum atomic E-state index is 12.2. The van der Waals surface area contributed by atoms with Crippen LogP contribution < -0.4 is 15.8 Å². The van der Waals surface area contributed by atoms with Crippen LogP contribution in [-0.4, -0.2) is 33.2 Å². The Morgan fingerprint density at radius 3 is 2.45 bits per heavy atom.